The number of fused-ring (bicyclic) bond motifs is 1. The SMILES string of the molecule is O=C(NC1CCCCC1)[C@@H](Cc1ccccc1)N(Cc1ccc(Br)cc1)C(=O)CN(c1ccc2c(c1)OCCO2)S(=O)(=O)c1ccccc1. The lowest BCUT2D eigenvalue weighted by Crippen LogP contribution is -2.55. The van der Waals surface area contributed by atoms with E-state index in [4.69, 9.17) is 9.47 Å². The fourth-order valence-corrected chi connectivity index (χ4v) is 8.01. The van der Waals surface area contributed by atoms with Crippen molar-refractivity contribution in [2.24, 2.45) is 0 Å². The van der Waals surface area contributed by atoms with Gasteiger partial charge in [0.05, 0.1) is 10.6 Å². The molecule has 0 spiro atoms. The maximum Gasteiger partial charge on any atom is 0.264 e. The lowest BCUT2D eigenvalue weighted by atomic mass is 9.94. The fraction of sp³-hybridized carbons (Fsp3) is 0.316. The first-order valence-corrected chi connectivity index (χ1v) is 18.9. The second-order valence-corrected chi connectivity index (χ2v) is 15.1. The number of sulfonamides is 1. The maximum absolute atomic E-state index is 14.8. The van der Waals surface area contributed by atoms with Gasteiger partial charge < -0.3 is 19.7 Å². The molecule has 1 saturated carbocycles. The van der Waals surface area contributed by atoms with E-state index < -0.39 is 28.5 Å². The van der Waals surface area contributed by atoms with Crippen molar-refractivity contribution >= 4 is 43.5 Å². The van der Waals surface area contributed by atoms with E-state index in [0.29, 0.717) is 24.7 Å². The molecule has 49 heavy (non-hydrogen) atoms. The Hall–Kier alpha value is -4.35. The predicted molar refractivity (Wildman–Crippen MR) is 192 cm³/mol. The van der Waals surface area contributed by atoms with E-state index in [2.05, 4.69) is 21.2 Å². The number of hydrogen-bond acceptors (Lipinski definition) is 6. The monoisotopic (exact) mass is 745 g/mol. The molecule has 0 unspecified atom stereocenters. The maximum atomic E-state index is 14.8. The molecule has 256 valence electrons. The number of hydrogen-bond donors (Lipinski definition) is 1. The minimum Gasteiger partial charge on any atom is -0.486 e. The lowest BCUT2D eigenvalue weighted by Gasteiger charge is -2.35. The minimum atomic E-state index is -4.23. The van der Waals surface area contributed by atoms with Gasteiger partial charge in [0.1, 0.15) is 25.8 Å². The summed E-state index contributed by atoms with van der Waals surface area (Å²) in [4.78, 5) is 30.6. The Balaban J connectivity index is 1.40. The summed E-state index contributed by atoms with van der Waals surface area (Å²) >= 11 is 3.48. The summed E-state index contributed by atoms with van der Waals surface area (Å²) in [5.41, 5.74) is 1.94. The molecule has 2 amide bonds. The Bertz CT molecular complexity index is 1830. The molecule has 1 aliphatic carbocycles. The average Bonchev–Trinajstić information content (AvgIpc) is 3.13. The van der Waals surface area contributed by atoms with E-state index in [-0.39, 0.29) is 35.5 Å². The molecule has 1 aliphatic heterocycles. The van der Waals surface area contributed by atoms with Gasteiger partial charge >= 0.3 is 0 Å². The number of nitrogens with one attached hydrogen (secondary N) is 1. The number of amides is 2. The molecule has 6 rings (SSSR count). The molecule has 4 aromatic carbocycles. The smallest absolute Gasteiger partial charge is 0.264 e. The molecule has 4 aromatic rings. The highest BCUT2D eigenvalue weighted by Crippen LogP contribution is 2.36. The topological polar surface area (TPSA) is 105 Å². The third kappa shape index (κ3) is 8.63. The molecular weight excluding hydrogens is 706 g/mol. The summed E-state index contributed by atoms with van der Waals surface area (Å²) < 4.78 is 42.1. The summed E-state index contributed by atoms with van der Waals surface area (Å²) in [5, 5.41) is 3.24. The minimum absolute atomic E-state index is 0.0248. The third-order valence-electron chi connectivity index (χ3n) is 8.91. The van der Waals surface area contributed by atoms with Crippen LogP contribution in [0.4, 0.5) is 5.69 Å². The normalized spacial score (nSPS) is 15.2. The van der Waals surface area contributed by atoms with E-state index >= 15 is 0 Å². The van der Waals surface area contributed by atoms with E-state index in [1.54, 1.807) is 36.4 Å². The van der Waals surface area contributed by atoms with E-state index in [1.165, 1.54) is 17.0 Å². The third-order valence-corrected chi connectivity index (χ3v) is 11.2. The molecule has 11 heteroatoms. The average molecular weight is 747 g/mol. The van der Waals surface area contributed by atoms with Crippen LogP contribution in [0.1, 0.15) is 43.2 Å². The first-order chi connectivity index (χ1) is 23.8. The van der Waals surface area contributed by atoms with Crippen molar-refractivity contribution in [2.45, 2.75) is 62.0 Å². The van der Waals surface area contributed by atoms with Crippen LogP contribution in [0.25, 0.3) is 0 Å². The van der Waals surface area contributed by atoms with Gasteiger partial charge in [-0.15, -0.1) is 0 Å². The molecule has 1 fully saturated rings. The first kappa shape index (κ1) is 34.5. The molecule has 2 aliphatic rings. The van der Waals surface area contributed by atoms with E-state index in [9.17, 15) is 18.0 Å². The first-order valence-electron chi connectivity index (χ1n) is 16.6. The van der Waals surface area contributed by atoms with Crippen molar-refractivity contribution in [3.8, 4) is 11.5 Å². The molecule has 0 bridgehead atoms. The summed E-state index contributed by atoms with van der Waals surface area (Å²) in [6, 6.07) is 29.1. The summed E-state index contributed by atoms with van der Waals surface area (Å²) in [5.74, 6) is 0.123. The summed E-state index contributed by atoms with van der Waals surface area (Å²) in [7, 11) is -4.23. The number of anilines is 1. The zero-order chi connectivity index (χ0) is 34.2. The quantitative estimate of drug-likeness (QED) is 0.178. The van der Waals surface area contributed by atoms with Crippen LogP contribution in [0.15, 0.2) is 112 Å². The van der Waals surface area contributed by atoms with Crippen molar-refractivity contribution in [3.05, 3.63) is 119 Å². The number of rotatable bonds is 12. The van der Waals surface area contributed by atoms with E-state index in [1.807, 2.05) is 54.6 Å². The van der Waals surface area contributed by atoms with Gasteiger partial charge in [-0.3, -0.25) is 13.9 Å². The van der Waals surface area contributed by atoms with Gasteiger partial charge in [0.15, 0.2) is 11.5 Å². The second-order valence-electron chi connectivity index (χ2n) is 12.3. The number of carbonyl (C=O) groups excluding carboxylic acids is 2. The molecule has 1 atom stereocenters. The molecular formula is C38H40BrN3O6S. The van der Waals surface area contributed by atoms with Gasteiger partial charge in [-0.25, -0.2) is 8.42 Å². The van der Waals surface area contributed by atoms with Crippen LogP contribution in [0.3, 0.4) is 0 Å². The highest BCUT2D eigenvalue weighted by atomic mass is 79.9. The van der Waals surface area contributed by atoms with Crippen LogP contribution < -0.4 is 19.1 Å². The fourth-order valence-electron chi connectivity index (χ4n) is 6.32. The number of benzene rings is 4. The van der Waals surface area contributed by atoms with Crippen molar-refractivity contribution in [2.75, 3.05) is 24.1 Å². The van der Waals surface area contributed by atoms with Gasteiger partial charge in [0.25, 0.3) is 10.0 Å². The van der Waals surface area contributed by atoms with Crippen LogP contribution in [0.5, 0.6) is 11.5 Å². The van der Waals surface area contributed by atoms with Gasteiger partial charge in [0, 0.05) is 29.5 Å². The Morgan fingerprint density at radius 1 is 0.796 bits per heavy atom. The van der Waals surface area contributed by atoms with Crippen LogP contribution in [-0.4, -0.2) is 57.0 Å². The Kier molecular flexibility index (Phi) is 11.2. The number of ether oxygens (including phenoxy) is 2. The van der Waals surface area contributed by atoms with Crippen LogP contribution in [-0.2, 0) is 32.6 Å². The standard InChI is InChI=1S/C38H40BrN3O6S/c39-30-18-16-29(17-19-30)26-41(34(24-28-10-4-1-5-11-28)38(44)40-31-12-6-2-7-13-31)37(43)27-42(49(45,46)33-14-8-3-9-15-33)32-20-21-35-36(25-32)48-23-22-47-35/h1,3-5,8-11,14-21,25,31,34H,2,6-7,12-13,22-24,26-27H2,(H,40,44)/t34-/m1/s1. The highest BCUT2D eigenvalue weighted by molar-refractivity contribution is 9.10. The molecule has 1 heterocycles. The molecule has 9 nitrogen and oxygen atoms in total. The summed E-state index contributed by atoms with van der Waals surface area (Å²) in [6.07, 6.45) is 5.25. The molecule has 1 N–H and O–H groups in total. The predicted octanol–water partition coefficient (Wildman–Crippen LogP) is 6.50. The van der Waals surface area contributed by atoms with E-state index in [0.717, 1.165) is 52.0 Å². The highest BCUT2D eigenvalue weighted by Gasteiger charge is 2.36. The zero-order valence-corrected chi connectivity index (χ0v) is 29.6. The van der Waals surface area contributed by atoms with Gasteiger partial charge in [-0.2, -0.15) is 0 Å². The van der Waals surface area contributed by atoms with Crippen molar-refractivity contribution in [1.29, 1.82) is 0 Å². The number of nitrogens with zero attached hydrogens (tertiary/aromatic N) is 2. The zero-order valence-electron chi connectivity index (χ0n) is 27.2. The Labute approximate surface area is 296 Å². The lowest BCUT2D eigenvalue weighted by molar-refractivity contribution is -0.140. The van der Waals surface area contributed by atoms with Crippen LogP contribution >= 0.6 is 15.9 Å². The Morgan fingerprint density at radius 2 is 1.45 bits per heavy atom. The van der Waals surface area contributed by atoms with Gasteiger partial charge in [-0.1, -0.05) is 95.9 Å². The Morgan fingerprint density at radius 3 is 2.14 bits per heavy atom. The number of carbonyl (C=O) groups is 2. The van der Waals surface area contributed by atoms with Crippen molar-refractivity contribution < 1.29 is 27.5 Å². The van der Waals surface area contributed by atoms with Gasteiger partial charge in [-0.05, 0) is 60.4 Å². The molecule has 0 saturated heterocycles. The molecule has 0 radical (unpaired) electrons. The van der Waals surface area contributed by atoms with Crippen molar-refractivity contribution in [3.63, 3.8) is 0 Å². The van der Waals surface area contributed by atoms with Crippen LogP contribution in [0.2, 0.25) is 0 Å². The number of halogens is 1. The van der Waals surface area contributed by atoms with Crippen LogP contribution in [0, 0.1) is 0 Å². The van der Waals surface area contributed by atoms with Gasteiger partial charge in [0.2, 0.25) is 11.8 Å². The molecule has 0 aromatic heterocycles. The second kappa shape index (κ2) is 15.9. The summed E-state index contributed by atoms with van der Waals surface area (Å²) in [6.45, 7) is 0.254. The largest absolute Gasteiger partial charge is 0.486 e. The van der Waals surface area contributed by atoms with Crippen molar-refractivity contribution in [1.82, 2.24) is 10.2 Å².